The highest BCUT2D eigenvalue weighted by Crippen LogP contribution is 2.47. The predicted octanol–water partition coefficient (Wildman–Crippen LogP) is 2.15. The minimum atomic E-state index is -0.659. The molecule has 0 spiro atoms. The summed E-state index contributed by atoms with van der Waals surface area (Å²) in [5.74, 6) is 0.550. The number of hydrogen-bond donors (Lipinski definition) is 0. The molecule has 1 heterocycles. The monoisotopic (exact) mass is 247 g/mol. The van der Waals surface area contributed by atoms with Gasteiger partial charge in [-0.3, -0.25) is 9.59 Å². The smallest absolute Gasteiger partial charge is 0.237 e. The van der Waals surface area contributed by atoms with Crippen LogP contribution in [-0.2, 0) is 10.2 Å². The van der Waals surface area contributed by atoms with Gasteiger partial charge in [0.1, 0.15) is 5.75 Å². The summed E-state index contributed by atoms with van der Waals surface area (Å²) in [6, 6.07) is 3.50. The number of aldehydes is 1. The zero-order valence-corrected chi connectivity index (χ0v) is 11.1. The predicted molar refractivity (Wildman–Crippen MR) is 69.4 cm³/mol. The lowest BCUT2D eigenvalue weighted by Crippen LogP contribution is -2.33. The van der Waals surface area contributed by atoms with Gasteiger partial charge in [0.2, 0.25) is 5.91 Å². The first-order valence-corrected chi connectivity index (χ1v) is 5.98. The Balaban J connectivity index is 2.75. The van der Waals surface area contributed by atoms with Crippen molar-refractivity contribution in [3.8, 4) is 5.75 Å². The van der Waals surface area contributed by atoms with Crippen molar-refractivity contribution in [2.45, 2.75) is 26.2 Å². The van der Waals surface area contributed by atoms with Crippen LogP contribution in [0.1, 0.15) is 36.7 Å². The van der Waals surface area contributed by atoms with Crippen molar-refractivity contribution < 1.29 is 14.3 Å². The van der Waals surface area contributed by atoms with Crippen LogP contribution < -0.4 is 9.64 Å². The summed E-state index contributed by atoms with van der Waals surface area (Å²) in [6.07, 6.45) is 0.768. The molecule has 0 aliphatic carbocycles. The van der Waals surface area contributed by atoms with E-state index >= 15 is 0 Å². The van der Waals surface area contributed by atoms with Crippen molar-refractivity contribution in [3.05, 3.63) is 23.3 Å². The molecule has 96 valence electrons. The number of carbonyl (C=O) groups excluding carboxylic acids is 2. The molecule has 0 saturated heterocycles. The van der Waals surface area contributed by atoms with Crippen LogP contribution in [0.25, 0.3) is 0 Å². The largest absolute Gasteiger partial charge is 0.493 e. The van der Waals surface area contributed by atoms with Gasteiger partial charge in [-0.2, -0.15) is 0 Å². The molecule has 4 heteroatoms. The molecule has 0 aromatic heterocycles. The maximum Gasteiger partial charge on any atom is 0.237 e. The van der Waals surface area contributed by atoms with E-state index in [-0.39, 0.29) is 5.91 Å². The summed E-state index contributed by atoms with van der Waals surface area (Å²) in [7, 11) is 1.74. The van der Waals surface area contributed by atoms with E-state index in [0.717, 1.165) is 17.5 Å². The molecule has 1 amide bonds. The van der Waals surface area contributed by atoms with Gasteiger partial charge in [0.05, 0.1) is 23.3 Å². The van der Waals surface area contributed by atoms with Gasteiger partial charge in [-0.1, -0.05) is 0 Å². The van der Waals surface area contributed by atoms with Crippen molar-refractivity contribution >= 4 is 17.9 Å². The Hall–Kier alpha value is -1.84. The van der Waals surface area contributed by atoms with E-state index in [1.807, 2.05) is 20.8 Å². The highest BCUT2D eigenvalue weighted by molar-refractivity contribution is 6.09. The van der Waals surface area contributed by atoms with E-state index in [9.17, 15) is 9.59 Å². The normalized spacial score (nSPS) is 16.7. The minimum absolute atomic E-state index is 0.0153. The van der Waals surface area contributed by atoms with Crippen LogP contribution in [0.15, 0.2) is 12.1 Å². The Kier molecular flexibility index (Phi) is 2.89. The Morgan fingerprint density at radius 3 is 2.61 bits per heavy atom. The second-order valence-electron chi connectivity index (χ2n) is 4.92. The van der Waals surface area contributed by atoms with Gasteiger partial charge < -0.3 is 9.64 Å². The molecule has 0 radical (unpaired) electrons. The lowest BCUT2D eigenvalue weighted by Gasteiger charge is -2.20. The van der Waals surface area contributed by atoms with E-state index in [4.69, 9.17) is 4.74 Å². The van der Waals surface area contributed by atoms with Gasteiger partial charge in [-0.15, -0.1) is 0 Å². The molecule has 1 aliphatic heterocycles. The summed E-state index contributed by atoms with van der Waals surface area (Å²) in [5.41, 5.74) is 1.46. The molecule has 0 N–H and O–H groups in total. The topological polar surface area (TPSA) is 46.6 Å². The molecule has 0 saturated carbocycles. The fourth-order valence-electron chi connectivity index (χ4n) is 2.50. The number of benzene rings is 1. The fraction of sp³-hybridized carbons (Fsp3) is 0.429. The molecule has 1 aliphatic rings. The number of ether oxygens (including phenoxy) is 1. The fourth-order valence-corrected chi connectivity index (χ4v) is 2.50. The number of hydrogen-bond acceptors (Lipinski definition) is 3. The maximum absolute atomic E-state index is 12.2. The van der Waals surface area contributed by atoms with E-state index in [2.05, 4.69) is 0 Å². The Morgan fingerprint density at radius 1 is 1.39 bits per heavy atom. The molecule has 2 rings (SSSR count). The number of rotatable bonds is 3. The Labute approximate surface area is 107 Å². The first kappa shape index (κ1) is 12.6. The number of carbonyl (C=O) groups is 2. The molecule has 4 nitrogen and oxygen atoms in total. The van der Waals surface area contributed by atoms with Crippen molar-refractivity contribution in [2.24, 2.45) is 0 Å². The number of anilines is 1. The SMILES string of the molecule is CCOc1c(C=O)ccc2c1C(C)(C)C(=O)N2C. The number of nitrogens with zero attached hydrogens (tertiary/aromatic N) is 1. The van der Waals surface area contributed by atoms with E-state index < -0.39 is 5.41 Å². The lowest BCUT2D eigenvalue weighted by atomic mass is 9.84. The van der Waals surface area contributed by atoms with Gasteiger partial charge in [-0.05, 0) is 32.9 Å². The van der Waals surface area contributed by atoms with Crippen molar-refractivity contribution in [3.63, 3.8) is 0 Å². The second-order valence-corrected chi connectivity index (χ2v) is 4.92. The molecule has 0 unspecified atom stereocenters. The van der Waals surface area contributed by atoms with Gasteiger partial charge in [0.15, 0.2) is 6.29 Å². The first-order chi connectivity index (χ1) is 8.45. The second kappa shape index (κ2) is 4.12. The molecular formula is C14H17NO3. The Bertz CT molecular complexity index is 520. The lowest BCUT2D eigenvalue weighted by molar-refractivity contribution is -0.121. The maximum atomic E-state index is 12.2. The standard InChI is InChI=1S/C14H17NO3/c1-5-18-12-9(8-16)6-7-10-11(12)14(2,3)13(17)15(10)4/h6-8H,5H2,1-4H3. The quantitative estimate of drug-likeness (QED) is 0.769. The molecule has 0 fully saturated rings. The third-order valence-corrected chi connectivity index (χ3v) is 3.41. The van der Waals surface area contributed by atoms with Crippen molar-refractivity contribution in [2.75, 3.05) is 18.6 Å². The molecule has 0 atom stereocenters. The van der Waals surface area contributed by atoms with Gasteiger partial charge in [0, 0.05) is 12.6 Å². The Morgan fingerprint density at radius 2 is 2.06 bits per heavy atom. The van der Waals surface area contributed by atoms with Crippen LogP contribution in [0.4, 0.5) is 5.69 Å². The summed E-state index contributed by atoms with van der Waals surface area (Å²) < 4.78 is 5.59. The number of fused-ring (bicyclic) bond motifs is 1. The number of likely N-dealkylation sites (N-methyl/N-ethyl adjacent to an activating group) is 1. The summed E-state index contributed by atoms with van der Waals surface area (Å²) in [5, 5.41) is 0. The zero-order chi connectivity index (χ0) is 13.5. The van der Waals surface area contributed by atoms with Crippen LogP contribution in [0.2, 0.25) is 0 Å². The molecule has 1 aromatic rings. The van der Waals surface area contributed by atoms with E-state index in [1.54, 1.807) is 24.1 Å². The third-order valence-electron chi connectivity index (χ3n) is 3.41. The van der Waals surface area contributed by atoms with Crippen LogP contribution in [0, 0.1) is 0 Å². The molecule has 18 heavy (non-hydrogen) atoms. The molecular weight excluding hydrogens is 230 g/mol. The molecule has 0 bridgehead atoms. The van der Waals surface area contributed by atoms with Crippen molar-refractivity contribution in [1.29, 1.82) is 0 Å². The van der Waals surface area contributed by atoms with E-state index in [1.165, 1.54) is 0 Å². The van der Waals surface area contributed by atoms with Gasteiger partial charge >= 0.3 is 0 Å². The summed E-state index contributed by atoms with van der Waals surface area (Å²) >= 11 is 0. The van der Waals surface area contributed by atoms with Gasteiger partial charge in [-0.25, -0.2) is 0 Å². The number of amides is 1. The van der Waals surface area contributed by atoms with Gasteiger partial charge in [0.25, 0.3) is 0 Å². The van der Waals surface area contributed by atoms with Crippen LogP contribution in [0.3, 0.4) is 0 Å². The van der Waals surface area contributed by atoms with Crippen molar-refractivity contribution in [1.82, 2.24) is 0 Å². The van der Waals surface area contributed by atoms with Crippen LogP contribution in [-0.4, -0.2) is 25.8 Å². The average molecular weight is 247 g/mol. The zero-order valence-electron chi connectivity index (χ0n) is 11.1. The summed E-state index contributed by atoms with van der Waals surface area (Å²) in [6.45, 7) is 6.04. The first-order valence-electron chi connectivity index (χ1n) is 5.98. The van der Waals surface area contributed by atoms with Crippen LogP contribution >= 0.6 is 0 Å². The third kappa shape index (κ3) is 1.52. The highest BCUT2D eigenvalue weighted by atomic mass is 16.5. The highest BCUT2D eigenvalue weighted by Gasteiger charge is 2.45. The molecule has 1 aromatic carbocycles. The van der Waals surface area contributed by atoms with Crippen LogP contribution in [0.5, 0.6) is 5.75 Å². The summed E-state index contributed by atoms with van der Waals surface area (Å²) in [4.78, 5) is 24.9. The van der Waals surface area contributed by atoms with E-state index in [0.29, 0.717) is 17.9 Å². The average Bonchev–Trinajstić information content (AvgIpc) is 2.52. The minimum Gasteiger partial charge on any atom is -0.493 e.